The van der Waals surface area contributed by atoms with E-state index in [1.807, 2.05) is 0 Å². The zero-order valence-corrected chi connectivity index (χ0v) is 11.6. The van der Waals surface area contributed by atoms with Crippen molar-refractivity contribution >= 4 is 5.78 Å². The van der Waals surface area contributed by atoms with Gasteiger partial charge in [0.25, 0.3) is 0 Å². The van der Waals surface area contributed by atoms with Crippen LogP contribution in [-0.4, -0.2) is 30.0 Å². The second kappa shape index (κ2) is 5.48. The highest BCUT2D eigenvalue weighted by molar-refractivity contribution is 6.00. The van der Waals surface area contributed by atoms with E-state index < -0.39 is 5.82 Å². The lowest BCUT2D eigenvalue weighted by Crippen LogP contribution is -2.50. The summed E-state index contributed by atoms with van der Waals surface area (Å²) in [5.74, 6) is -0.361. The first-order chi connectivity index (χ1) is 9.67. The number of aromatic nitrogens is 1. The lowest BCUT2D eigenvalue weighted by molar-refractivity contribution is 0.0820. The predicted octanol–water partition coefficient (Wildman–Crippen LogP) is 2.33. The lowest BCUT2D eigenvalue weighted by atomic mass is 9.77. The molecule has 1 aromatic heterocycles. The molecule has 0 radical (unpaired) electrons. The van der Waals surface area contributed by atoms with E-state index in [2.05, 4.69) is 10.3 Å². The van der Waals surface area contributed by atoms with E-state index in [1.165, 1.54) is 19.6 Å². The summed E-state index contributed by atoms with van der Waals surface area (Å²) in [5.41, 5.74) is 0.275. The molecule has 2 unspecified atom stereocenters. The minimum absolute atomic E-state index is 0.0350. The first-order valence-corrected chi connectivity index (χ1v) is 7.17. The number of pyridine rings is 1. The number of piperidine rings is 2. The third kappa shape index (κ3) is 2.54. The highest BCUT2D eigenvalue weighted by atomic mass is 19.1. The van der Waals surface area contributed by atoms with Crippen LogP contribution in [0, 0.1) is 11.7 Å². The number of hydrogen-bond donors (Lipinski definition) is 1. The van der Waals surface area contributed by atoms with E-state index in [1.54, 1.807) is 0 Å². The number of carbonyl (C=O) groups is 1. The summed E-state index contributed by atoms with van der Waals surface area (Å²) in [5, 5.41) is 3.56. The average molecular weight is 278 g/mol. The molecule has 4 nitrogen and oxygen atoms in total. The molecular formula is C15H19FN2O2. The van der Waals surface area contributed by atoms with Crippen LogP contribution >= 0.6 is 0 Å². The van der Waals surface area contributed by atoms with Crippen molar-refractivity contribution in [3.8, 4) is 5.88 Å². The molecule has 3 heterocycles. The van der Waals surface area contributed by atoms with Crippen molar-refractivity contribution in [1.29, 1.82) is 0 Å². The van der Waals surface area contributed by atoms with Crippen LogP contribution in [0.4, 0.5) is 4.39 Å². The molecule has 2 saturated heterocycles. The van der Waals surface area contributed by atoms with E-state index in [0.29, 0.717) is 12.1 Å². The number of ketones is 1. The number of nitrogens with zero attached hydrogens (tertiary/aromatic N) is 1. The van der Waals surface area contributed by atoms with Gasteiger partial charge in [-0.1, -0.05) is 6.42 Å². The van der Waals surface area contributed by atoms with Gasteiger partial charge in [0.05, 0.1) is 18.9 Å². The summed E-state index contributed by atoms with van der Waals surface area (Å²) >= 11 is 0. The minimum Gasteiger partial charge on any atom is -0.480 e. The molecule has 2 aliphatic rings. The smallest absolute Gasteiger partial charge is 0.224 e. The molecule has 2 aliphatic heterocycles. The maximum Gasteiger partial charge on any atom is 0.224 e. The fourth-order valence-electron chi connectivity index (χ4n) is 3.47. The minimum atomic E-state index is -0.497. The average Bonchev–Trinajstić information content (AvgIpc) is 2.46. The Kier molecular flexibility index (Phi) is 3.70. The summed E-state index contributed by atoms with van der Waals surface area (Å²) in [6.07, 6.45) is 6.21. The quantitative estimate of drug-likeness (QED) is 0.862. The number of hydrogen-bond acceptors (Lipinski definition) is 4. The molecule has 0 spiro atoms. The Hall–Kier alpha value is -1.49. The number of carbonyl (C=O) groups excluding carboxylic acids is 1. The Balaban J connectivity index is 1.83. The van der Waals surface area contributed by atoms with Gasteiger partial charge in [-0.05, 0) is 31.7 Å². The molecule has 20 heavy (non-hydrogen) atoms. The molecule has 0 aliphatic carbocycles. The van der Waals surface area contributed by atoms with Gasteiger partial charge in [-0.15, -0.1) is 0 Å². The van der Waals surface area contributed by atoms with Gasteiger partial charge in [0.15, 0.2) is 5.78 Å². The van der Waals surface area contributed by atoms with Crippen LogP contribution in [0.1, 0.15) is 42.5 Å². The maximum atomic E-state index is 13.4. The van der Waals surface area contributed by atoms with Gasteiger partial charge in [-0.25, -0.2) is 9.37 Å². The topological polar surface area (TPSA) is 51.2 Å². The molecule has 0 amide bonds. The van der Waals surface area contributed by atoms with E-state index in [9.17, 15) is 9.18 Å². The van der Waals surface area contributed by atoms with E-state index >= 15 is 0 Å². The molecule has 5 heteroatoms. The fourth-order valence-corrected chi connectivity index (χ4v) is 3.47. The SMILES string of the molecule is COc1ncc(F)cc1C(=O)C1CC2CCCC(C1)N2. The Morgan fingerprint density at radius 2 is 2.10 bits per heavy atom. The van der Waals surface area contributed by atoms with Crippen LogP contribution in [0.3, 0.4) is 0 Å². The summed E-state index contributed by atoms with van der Waals surface area (Å²) < 4.78 is 18.5. The number of methoxy groups -OCH3 is 1. The van der Waals surface area contributed by atoms with Gasteiger partial charge in [0.2, 0.25) is 5.88 Å². The Morgan fingerprint density at radius 1 is 1.40 bits per heavy atom. The van der Waals surface area contributed by atoms with Crippen LogP contribution in [0.25, 0.3) is 0 Å². The monoisotopic (exact) mass is 278 g/mol. The summed E-state index contributed by atoms with van der Waals surface area (Å²) in [6, 6.07) is 2.08. The first kappa shape index (κ1) is 13.5. The van der Waals surface area contributed by atoms with Crippen molar-refractivity contribution in [1.82, 2.24) is 10.3 Å². The van der Waals surface area contributed by atoms with Crippen LogP contribution in [0.15, 0.2) is 12.3 Å². The Morgan fingerprint density at radius 3 is 2.75 bits per heavy atom. The highest BCUT2D eigenvalue weighted by Crippen LogP contribution is 2.33. The van der Waals surface area contributed by atoms with Crippen molar-refractivity contribution in [3.05, 3.63) is 23.6 Å². The van der Waals surface area contributed by atoms with Crippen LogP contribution in [-0.2, 0) is 0 Å². The van der Waals surface area contributed by atoms with Crippen molar-refractivity contribution in [2.75, 3.05) is 7.11 Å². The molecule has 0 saturated carbocycles. The molecule has 3 rings (SSSR count). The summed E-state index contributed by atoms with van der Waals surface area (Å²) in [7, 11) is 1.45. The van der Waals surface area contributed by atoms with Crippen molar-refractivity contribution < 1.29 is 13.9 Å². The van der Waals surface area contributed by atoms with Crippen molar-refractivity contribution in [2.45, 2.75) is 44.2 Å². The van der Waals surface area contributed by atoms with E-state index in [0.717, 1.165) is 31.9 Å². The zero-order chi connectivity index (χ0) is 14.1. The molecule has 108 valence electrons. The lowest BCUT2D eigenvalue weighted by Gasteiger charge is -2.39. The zero-order valence-electron chi connectivity index (χ0n) is 11.6. The molecule has 1 aromatic rings. The fraction of sp³-hybridized carbons (Fsp3) is 0.600. The number of halogens is 1. The van der Waals surface area contributed by atoms with Gasteiger partial charge in [0, 0.05) is 18.0 Å². The summed E-state index contributed by atoms with van der Waals surface area (Å²) in [6.45, 7) is 0. The first-order valence-electron chi connectivity index (χ1n) is 7.17. The molecule has 0 aromatic carbocycles. The number of nitrogens with one attached hydrogen (secondary N) is 1. The van der Waals surface area contributed by atoms with E-state index in [4.69, 9.17) is 4.74 Å². The van der Waals surface area contributed by atoms with Crippen LogP contribution in [0.5, 0.6) is 5.88 Å². The standard InChI is InChI=1S/C15H19FN2O2/c1-20-15-13(7-10(16)8-17-15)14(19)9-5-11-3-2-4-12(6-9)18-11/h7-9,11-12,18H,2-6H2,1H3. The number of fused-ring (bicyclic) bond motifs is 2. The van der Waals surface area contributed by atoms with Gasteiger partial charge < -0.3 is 10.1 Å². The Labute approximate surface area is 117 Å². The molecular weight excluding hydrogens is 259 g/mol. The third-order valence-electron chi connectivity index (χ3n) is 4.36. The predicted molar refractivity (Wildman–Crippen MR) is 72.4 cm³/mol. The molecule has 1 N–H and O–H groups in total. The Bertz CT molecular complexity index is 509. The highest BCUT2D eigenvalue weighted by Gasteiger charge is 2.36. The number of Topliss-reactive ketones (excluding diaryl/α,β-unsaturated/α-hetero) is 1. The van der Waals surface area contributed by atoms with Gasteiger partial charge in [0.1, 0.15) is 5.82 Å². The third-order valence-corrected chi connectivity index (χ3v) is 4.36. The molecule has 2 atom stereocenters. The second-order valence-electron chi connectivity index (χ2n) is 5.73. The normalized spacial score (nSPS) is 29.0. The second-order valence-corrected chi connectivity index (χ2v) is 5.73. The summed E-state index contributed by atoms with van der Waals surface area (Å²) in [4.78, 5) is 16.5. The molecule has 2 fully saturated rings. The van der Waals surface area contributed by atoms with Gasteiger partial charge >= 0.3 is 0 Å². The number of ether oxygens (including phenoxy) is 1. The molecule has 2 bridgehead atoms. The van der Waals surface area contributed by atoms with Gasteiger partial charge in [-0.2, -0.15) is 0 Å². The van der Waals surface area contributed by atoms with Crippen LogP contribution in [0.2, 0.25) is 0 Å². The number of rotatable bonds is 3. The maximum absolute atomic E-state index is 13.4. The van der Waals surface area contributed by atoms with Gasteiger partial charge in [-0.3, -0.25) is 4.79 Å². The largest absolute Gasteiger partial charge is 0.480 e. The van der Waals surface area contributed by atoms with Crippen molar-refractivity contribution in [2.24, 2.45) is 5.92 Å². The van der Waals surface area contributed by atoms with E-state index in [-0.39, 0.29) is 23.1 Å². The van der Waals surface area contributed by atoms with Crippen molar-refractivity contribution in [3.63, 3.8) is 0 Å². The van der Waals surface area contributed by atoms with Crippen LogP contribution < -0.4 is 10.1 Å².